The van der Waals surface area contributed by atoms with Crippen LogP contribution in [0.25, 0.3) is 0 Å². The average molecular weight is 256 g/mol. The van der Waals surface area contributed by atoms with Crippen LogP contribution in [0.1, 0.15) is 37.0 Å². The third kappa shape index (κ3) is 4.38. The molecule has 94 valence electrons. The van der Waals surface area contributed by atoms with Crippen molar-refractivity contribution in [1.82, 2.24) is 0 Å². The fourth-order valence-corrected chi connectivity index (χ4v) is 2.52. The first-order chi connectivity index (χ1) is 8.04. The largest absolute Gasteiger partial charge is 0.294 e. The molecular weight excluding hydrogens is 239 g/mol. The van der Waals surface area contributed by atoms with Gasteiger partial charge in [-0.15, -0.1) is 0 Å². The maximum Gasteiger partial charge on any atom is 0.163 e. The van der Waals surface area contributed by atoms with Crippen molar-refractivity contribution in [2.24, 2.45) is 0 Å². The molecule has 4 heteroatoms. The molecule has 0 aliphatic heterocycles. The van der Waals surface area contributed by atoms with Crippen molar-refractivity contribution in [1.29, 1.82) is 0 Å². The second-order valence-corrected chi connectivity index (χ2v) is 5.96. The van der Waals surface area contributed by atoms with Crippen LogP contribution >= 0.6 is 0 Å². The van der Waals surface area contributed by atoms with E-state index in [1.807, 2.05) is 13.8 Å². The quantitative estimate of drug-likeness (QED) is 0.733. The zero-order chi connectivity index (χ0) is 12.8. The van der Waals surface area contributed by atoms with Crippen molar-refractivity contribution >= 4 is 16.6 Å². The number of hydrogen-bond acceptors (Lipinski definition) is 2. The van der Waals surface area contributed by atoms with E-state index in [0.29, 0.717) is 11.3 Å². The molecule has 0 bridgehead atoms. The van der Waals surface area contributed by atoms with Crippen LogP contribution in [-0.4, -0.2) is 21.0 Å². The van der Waals surface area contributed by atoms with Gasteiger partial charge in [-0.05, 0) is 30.7 Å². The van der Waals surface area contributed by atoms with E-state index in [1.165, 1.54) is 24.3 Å². The molecule has 0 saturated heterocycles. The lowest BCUT2D eigenvalue weighted by Gasteiger charge is -2.07. The Hall–Kier alpha value is -1.03. The van der Waals surface area contributed by atoms with Crippen LogP contribution in [0, 0.1) is 5.82 Å². The van der Waals surface area contributed by atoms with Crippen LogP contribution < -0.4 is 0 Å². The molecule has 0 radical (unpaired) electrons. The Morgan fingerprint density at radius 2 is 1.94 bits per heavy atom. The van der Waals surface area contributed by atoms with Gasteiger partial charge in [-0.25, -0.2) is 4.39 Å². The van der Waals surface area contributed by atoms with Gasteiger partial charge in [0.15, 0.2) is 5.78 Å². The van der Waals surface area contributed by atoms with E-state index in [0.717, 1.165) is 6.42 Å². The SMILES string of the molecule is CCC(C)S(=O)CCC(=O)c1ccc(F)cc1. The van der Waals surface area contributed by atoms with E-state index in [2.05, 4.69) is 0 Å². The maximum absolute atomic E-state index is 12.7. The number of Topliss-reactive ketones (excluding diaryl/α,β-unsaturated/α-hetero) is 1. The van der Waals surface area contributed by atoms with Crippen molar-refractivity contribution in [3.8, 4) is 0 Å². The monoisotopic (exact) mass is 256 g/mol. The average Bonchev–Trinajstić information content (AvgIpc) is 2.35. The summed E-state index contributed by atoms with van der Waals surface area (Å²) in [5.74, 6) is -0.0584. The second kappa shape index (κ2) is 6.64. The van der Waals surface area contributed by atoms with Gasteiger partial charge in [-0.3, -0.25) is 9.00 Å². The van der Waals surface area contributed by atoms with Gasteiger partial charge >= 0.3 is 0 Å². The molecule has 2 atom stereocenters. The van der Waals surface area contributed by atoms with Crippen LogP contribution in [0.15, 0.2) is 24.3 Å². The molecule has 0 aliphatic carbocycles. The standard InChI is InChI=1S/C13H17FO2S/c1-3-10(2)17(16)9-8-13(15)11-4-6-12(14)7-5-11/h4-7,10H,3,8-9H2,1-2H3. The second-order valence-electron chi connectivity index (χ2n) is 3.98. The first-order valence-corrected chi connectivity index (χ1v) is 7.08. The van der Waals surface area contributed by atoms with Gasteiger partial charge in [0.1, 0.15) is 5.82 Å². The first-order valence-electron chi connectivity index (χ1n) is 5.70. The van der Waals surface area contributed by atoms with E-state index in [9.17, 15) is 13.4 Å². The van der Waals surface area contributed by atoms with Gasteiger partial charge in [0, 0.05) is 33.8 Å². The number of hydrogen-bond donors (Lipinski definition) is 0. The van der Waals surface area contributed by atoms with Gasteiger partial charge in [0.05, 0.1) is 0 Å². The predicted octanol–water partition coefficient (Wildman–Crippen LogP) is 2.95. The molecule has 0 amide bonds. The van der Waals surface area contributed by atoms with Gasteiger partial charge in [-0.2, -0.15) is 0 Å². The molecule has 0 spiro atoms. The van der Waals surface area contributed by atoms with Gasteiger partial charge in [0.25, 0.3) is 0 Å². The maximum atomic E-state index is 12.7. The van der Waals surface area contributed by atoms with Gasteiger partial charge < -0.3 is 0 Å². The lowest BCUT2D eigenvalue weighted by molar-refractivity contribution is 0.0989. The van der Waals surface area contributed by atoms with Crippen molar-refractivity contribution in [2.45, 2.75) is 31.9 Å². The normalized spacial score (nSPS) is 14.3. The zero-order valence-electron chi connectivity index (χ0n) is 10.1. The summed E-state index contributed by atoms with van der Waals surface area (Å²) in [6, 6.07) is 5.45. The summed E-state index contributed by atoms with van der Waals surface area (Å²) in [4.78, 5) is 11.7. The highest BCUT2D eigenvalue weighted by Crippen LogP contribution is 2.08. The number of rotatable bonds is 6. The highest BCUT2D eigenvalue weighted by molar-refractivity contribution is 7.85. The Labute approximate surface area is 104 Å². The number of benzene rings is 1. The van der Waals surface area contributed by atoms with Crippen LogP contribution in [0.5, 0.6) is 0 Å². The molecule has 1 rings (SSSR count). The summed E-state index contributed by atoms with van der Waals surface area (Å²) < 4.78 is 24.3. The molecule has 2 unspecified atom stereocenters. The summed E-state index contributed by atoms with van der Waals surface area (Å²) >= 11 is 0. The Morgan fingerprint density at radius 3 is 2.47 bits per heavy atom. The van der Waals surface area contributed by atoms with Gasteiger partial charge in [-0.1, -0.05) is 13.8 Å². The fraction of sp³-hybridized carbons (Fsp3) is 0.462. The lowest BCUT2D eigenvalue weighted by atomic mass is 10.1. The summed E-state index contributed by atoms with van der Waals surface area (Å²) in [6.45, 7) is 3.89. The minimum absolute atomic E-state index is 0.0818. The van der Waals surface area contributed by atoms with E-state index < -0.39 is 10.8 Å². The number of halogens is 1. The molecule has 17 heavy (non-hydrogen) atoms. The smallest absolute Gasteiger partial charge is 0.163 e. The zero-order valence-corrected chi connectivity index (χ0v) is 10.9. The summed E-state index contributed by atoms with van der Waals surface area (Å²) in [6.07, 6.45) is 1.10. The highest BCUT2D eigenvalue weighted by atomic mass is 32.2. The van der Waals surface area contributed by atoms with E-state index in [1.54, 1.807) is 0 Å². The molecule has 0 aliphatic rings. The molecule has 0 aromatic heterocycles. The minimum Gasteiger partial charge on any atom is -0.294 e. The van der Waals surface area contributed by atoms with Crippen molar-refractivity contribution in [2.75, 3.05) is 5.75 Å². The lowest BCUT2D eigenvalue weighted by Crippen LogP contribution is -2.15. The molecule has 0 heterocycles. The Balaban J connectivity index is 2.50. The molecule has 0 saturated carbocycles. The van der Waals surface area contributed by atoms with E-state index >= 15 is 0 Å². The summed E-state index contributed by atoms with van der Waals surface area (Å²) in [5, 5.41) is 0.121. The van der Waals surface area contributed by atoms with Crippen LogP contribution in [0.2, 0.25) is 0 Å². The summed E-state index contributed by atoms with van der Waals surface area (Å²) in [5.41, 5.74) is 0.479. The number of ketones is 1. The third-order valence-corrected chi connectivity index (χ3v) is 4.56. The predicted molar refractivity (Wildman–Crippen MR) is 68.1 cm³/mol. The van der Waals surface area contributed by atoms with Crippen LogP contribution in [0.4, 0.5) is 4.39 Å². The highest BCUT2D eigenvalue weighted by Gasteiger charge is 2.12. The topological polar surface area (TPSA) is 34.1 Å². The number of carbonyl (C=O) groups excluding carboxylic acids is 1. The number of carbonyl (C=O) groups is 1. The van der Waals surface area contributed by atoms with Gasteiger partial charge in [0.2, 0.25) is 0 Å². The van der Waals surface area contributed by atoms with Crippen LogP contribution in [0.3, 0.4) is 0 Å². The molecular formula is C13H17FO2S. The molecule has 0 N–H and O–H groups in total. The first kappa shape index (κ1) is 14.0. The van der Waals surface area contributed by atoms with Crippen LogP contribution in [-0.2, 0) is 10.8 Å². The third-order valence-electron chi connectivity index (χ3n) is 2.72. The molecule has 1 aromatic carbocycles. The van der Waals surface area contributed by atoms with E-state index in [4.69, 9.17) is 0 Å². The molecule has 0 fully saturated rings. The van der Waals surface area contributed by atoms with Crippen molar-refractivity contribution in [3.63, 3.8) is 0 Å². The Morgan fingerprint density at radius 1 is 1.35 bits per heavy atom. The van der Waals surface area contributed by atoms with Crippen molar-refractivity contribution in [3.05, 3.63) is 35.6 Å². The minimum atomic E-state index is -0.958. The molecule has 2 nitrogen and oxygen atoms in total. The Kier molecular flexibility index (Phi) is 5.48. The molecule has 1 aromatic rings. The Bertz CT molecular complexity index is 400. The van der Waals surface area contributed by atoms with E-state index in [-0.39, 0.29) is 23.3 Å². The summed E-state index contributed by atoms with van der Waals surface area (Å²) in [7, 11) is -0.958. The fourth-order valence-electron chi connectivity index (χ4n) is 1.36. The van der Waals surface area contributed by atoms with Crippen molar-refractivity contribution < 1.29 is 13.4 Å².